The second kappa shape index (κ2) is 9.24. The van der Waals surface area contributed by atoms with Crippen LogP contribution in [0.2, 0.25) is 0 Å². The molecule has 0 saturated carbocycles. The van der Waals surface area contributed by atoms with Crippen molar-refractivity contribution in [3.8, 4) is 5.75 Å². The number of amides is 2. The molecule has 3 aliphatic rings. The van der Waals surface area contributed by atoms with Crippen LogP contribution in [0.3, 0.4) is 0 Å². The highest BCUT2D eigenvalue weighted by Gasteiger charge is 2.39. The number of carbonyl (C=O) groups excluding carboxylic acids is 2. The Kier molecular flexibility index (Phi) is 6.18. The average molecular weight is 472 g/mol. The summed E-state index contributed by atoms with van der Waals surface area (Å²) in [6.45, 7) is 8.11. The zero-order chi connectivity index (χ0) is 22.9. The lowest BCUT2D eigenvalue weighted by Gasteiger charge is -2.31. The largest absolute Gasteiger partial charge is 0.485 e. The Bertz CT molecular complexity index is 1100. The lowest BCUT2D eigenvalue weighted by Crippen LogP contribution is -2.49. The van der Waals surface area contributed by atoms with Crippen LogP contribution in [0.4, 0.5) is 4.39 Å². The molecule has 2 aromatic rings. The maximum Gasteiger partial charge on any atom is 0.256 e. The van der Waals surface area contributed by atoms with Crippen LogP contribution in [0.15, 0.2) is 35.9 Å². The Hall–Kier alpha value is -2.75. The molecule has 0 aliphatic carbocycles. The number of nitrogens with one attached hydrogen (secondary N) is 1. The summed E-state index contributed by atoms with van der Waals surface area (Å²) in [4.78, 5) is 30.0. The molecule has 2 fully saturated rings. The van der Waals surface area contributed by atoms with Crippen LogP contribution in [0, 0.1) is 5.82 Å². The Labute approximate surface area is 195 Å². The van der Waals surface area contributed by atoms with Crippen molar-refractivity contribution in [2.45, 2.75) is 38.6 Å². The number of hydrogen-bond donors (Lipinski definition) is 1. The lowest BCUT2D eigenvalue weighted by atomic mass is 10.0. The maximum absolute atomic E-state index is 14.7. The molecular weight excluding hydrogens is 445 g/mol. The van der Waals surface area contributed by atoms with E-state index in [-0.39, 0.29) is 24.2 Å². The SMILES string of the molecule is C=C1CC[C@H](N2Cc3c(csc3COc3ccc(CN4CCOCC4)cc3F)C2=O)C(=O)N1. The first-order valence-corrected chi connectivity index (χ1v) is 12.0. The van der Waals surface area contributed by atoms with Gasteiger partial charge in [-0.3, -0.25) is 14.5 Å². The molecule has 2 amide bonds. The molecule has 1 atom stereocenters. The number of piperidine rings is 1. The average Bonchev–Trinajstić information content (AvgIpc) is 3.34. The van der Waals surface area contributed by atoms with Gasteiger partial charge < -0.3 is 19.7 Å². The number of thiophene rings is 1. The van der Waals surface area contributed by atoms with Crippen LogP contribution in [0.5, 0.6) is 5.75 Å². The highest BCUT2D eigenvalue weighted by molar-refractivity contribution is 7.10. The summed E-state index contributed by atoms with van der Waals surface area (Å²) >= 11 is 1.43. The molecule has 0 bridgehead atoms. The minimum Gasteiger partial charge on any atom is -0.485 e. The first-order valence-electron chi connectivity index (χ1n) is 11.1. The van der Waals surface area contributed by atoms with E-state index >= 15 is 0 Å². The number of ether oxygens (including phenoxy) is 2. The lowest BCUT2D eigenvalue weighted by molar-refractivity contribution is -0.126. The second-order valence-corrected chi connectivity index (χ2v) is 9.54. The Morgan fingerprint density at radius 2 is 2.09 bits per heavy atom. The van der Waals surface area contributed by atoms with E-state index < -0.39 is 11.9 Å². The highest BCUT2D eigenvalue weighted by Crippen LogP contribution is 2.35. The molecule has 2 saturated heterocycles. The van der Waals surface area contributed by atoms with E-state index in [1.807, 2.05) is 6.07 Å². The minimum absolute atomic E-state index is 0.140. The molecule has 9 heteroatoms. The summed E-state index contributed by atoms with van der Waals surface area (Å²) in [5, 5.41) is 4.55. The van der Waals surface area contributed by atoms with Crippen molar-refractivity contribution in [3.05, 3.63) is 63.2 Å². The number of carbonyl (C=O) groups is 2. The van der Waals surface area contributed by atoms with Crippen LogP contribution >= 0.6 is 11.3 Å². The van der Waals surface area contributed by atoms with Crippen molar-refractivity contribution < 1.29 is 23.5 Å². The third kappa shape index (κ3) is 4.53. The summed E-state index contributed by atoms with van der Waals surface area (Å²) in [6, 6.07) is 4.57. The van der Waals surface area contributed by atoms with E-state index in [1.165, 1.54) is 17.4 Å². The summed E-state index contributed by atoms with van der Waals surface area (Å²) in [5.41, 5.74) is 3.06. The quantitative estimate of drug-likeness (QED) is 0.701. The van der Waals surface area contributed by atoms with Crippen molar-refractivity contribution in [2.75, 3.05) is 26.3 Å². The van der Waals surface area contributed by atoms with Crippen LogP contribution in [-0.4, -0.2) is 54.0 Å². The van der Waals surface area contributed by atoms with E-state index in [0.717, 1.165) is 29.1 Å². The molecule has 0 radical (unpaired) electrons. The summed E-state index contributed by atoms with van der Waals surface area (Å²) in [6.07, 6.45) is 1.22. The molecule has 0 spiro atoms. The number of halogens is 1. The monoisotopic (exact) mass is 471 g/mol. The van der Waals surface area contributed by atoms with Gasteiger partial charge in [0.05, 0.1) is 18.8 Å². The topological polar surface area (TPSA) is 71.1 Å². The zero-order valence-corrected chi connectivity index (χ0v) is 19.1. The molecule has 1 N–H and O–H groups in total. The molecule has 1 aromatic carbocycles. The number of rotatable bonds is 6. The minimum atomic E-state index is -0.495. The van der Waals surface area contributed by atoms with Gasteiger partial charge in [0.15, 0.2) is 11.6 Å². The van der Waals surface area contributed by atoms with E-state index in [4.69, 9.17) is 9.47 Å². The van der Waals surface area contributed by atoms with Gasteiger partial charge in [0.1, 0.15) is 12.6 Å². The number of allylic oxidation sites excluding steroid dienone is 1. The van der Waals surface area contributed by atoms with E-state index in [2.05, 4.69) is 16.8 Å². The normalized spacial score (nSPS) is 21.3. The second-order valence-electron chi connectivity index (χ2n) is 8.57. The Morgan fingerprint density at radius 1 is 1.27 bits per heavy atom. The van der Waals surface area contributed by atoms with Gasteiger partial charge in [-0.15, -0.1) is 11.3 Å². The van der Waals surface area contributed by atoms with Crippen molar-refractivity contribution in [2.24, 2.45) is 0 Å². The summed E-state index contributed by atoms with van der Waals surface area (Å²) < 4.78 is 25.8. The molecule has 0 unspecified atom stereocenters. The van der Waals surface area contributed by atoms with Gasteiger partial charge in [-0.05, 0) is 30.5 Å². The molecule has 1 aromatic heterocycles. The number of nitrogens with zero attached hydrogens (tertiary/aromatic N) is 2. The van der Waals surface area contributed by atoms with Gasteiger partial charge in [-0.2, -0.15) is 0 Å². The molecule has 174 valence electrons. The summed E-state index contributed by atoms with van der Waals surface area (Å²) in [5.74, 6) is -0.538. The van der Waals surface area contributed by atoms with Crippen LogP contribution < -0.4 is 10.1 Å². The van der Waals surface area contributed by atoms with Crippen molar-refractivity contribution >= 4 is 23.2 Å². The fraction of sp³-hybridized carbons (Fsp3) is 0.417. The number of fused-ring (bicyclic) bond motifs is 1. The zero-order valence-electron chi connectivity index (χ0n) is 18.3. The van der Waals surface area contributed by atoms with Gasteiger partial charge in [-0.25, -0.2) is 4.39 Å². The molecule has 5 rings (SSSR count). The van der Waals surface area contributed by atoms with Crippen LogP contribution in [0.25, 0.3) is 0 Å². The van der Waals surface area contributed by atoms with Gasteiger partial charge in [-0.1, -0.05) is 12.6 Å². The predicted molar refractivity (Wildman–Crippen MR) is 121 cm³/mol. The number of hydrogen-bond acceptors (Lipinski definition) is 6. The van der Waals surface area contributed by atoms with Crippen molar-refractivity contribution in [1.29, 1.82) is 0 Å². The number of benzene rings is 1. The van der Waals surface area contributed by atoms with Gasteiger partial charge in [0.25, 0.3) is 5.91 Å². The third-order valence-electron chi connectivity index (χ3n) is 6.36. The van der Waals surface area contributed by atoms with Crippen LogP contribution in [0.1, 0.15) is 39.2 Å². The first kappa shape index (κ1) is 22.1. The maximum atomic E-state index is 14.7. The Morgan fingerprint density at radius 3 is 2.85 bits per heavy atom. The smallest absolute Gasteiger partial charge is 0.256 e. The molecular formula is C24H26FN3O4S. The van der Waals surface area contributed by atoms with Gasteiger partial charge >= 0.3 is 0 Å². The fourth-order valence-corrected chi connectivity index (χ4v) is 5.47. The standard InChI is InChI=1S/C24H26FN3O4S/c1-15-2-4-20(23(29)26-15)28-12-17-18(24(28)30)14-33-22(17)13-32-21-5-3-16(10-19(21)25)11-27-6-8-31-9-7-27/h3,5,10,14,20H,1-2,4,6-9,11-13H2,(H,26,29)/t20-/m0/s1. The predicted octanol–water partition coefficient (Wildman–Crippen LogP) is 3.05. The third-order valence-corrected chi connectivity index (χ3v) is 7.37. The van der Waals surface area contributed by atoms with E-state index in [9.17, 15) is 14.0 Å². The van der Waals surface area contributed by atoms with E-state index in [0.29, 0.717) is 50.4 Å². The molecule has 4 heterocycles. The molecule has 7 nitrogen and oxygen atoms in total. The Balaban J connectivity index is 1.23. The van der Waals surface area contributed by atoms with Gasteiger partial charge in [0.2, 0.25) is 5.91 Å². The summed E-state index contributed by atoms with van der Waals surface area (Å²) in [7, 11) is 0. The molecule has 3 aliphatic heterocycles. The number of morpholine rings is 1. The van der Waals surface area contributed by atoms with E-state index in [1.54, 1.807) is 16.3 Å². The van der Waals surface area contributed by atoms with Crippen LogP contribution in [-0.2, 0) is 29.2 Å². The van der Waals surface area contributed by atoms with Crippen molar-refractivity contribution in [3.63, 3.8) is 0 Å². The first-order chi connectivity index (χ1) is 16.0. The van der Waals surface area contributed by atoms with Crippen molar-refractivity contribution in [1.82, 2.24) is 15.1 Å². The van der Waals surface area contributed by atoms with Gasteiger partial charge in [0, 0.05) is 47.7 Å². The molecule has 33 heavy (non-hydrogen) atoms. The fourth-order valence-electron chi connectivity index (χ4n) is 4.53. The highest BCUT2D eigenvalue weighted by atomic mass is 32.1.